The Hall–Kier alpha value is -0.530. The quantitative estimate of drug-likeness (QED) is 0.522. The van der Waals surface area contributed by atoms with Gasteiger partial charge in [-0.1, -0.05) is 59.3 Å². The lowest BCUT2D eigenvalue weighted by Gasteiger charge is -2.17. The van der Waals surface area contributed by atoms with Crippen molar-refractivity contribution in [1.29, 1.82) is 0 Å². The first-order valence-electron chi connectivity index (χ1n) is 6.55. The molecule has 0 aliphatic rings. The number of rotatable bonds is 10. The first kappa shape index (κ1) is 15.5. The fraction of sp³-hybridized carbons (Fsp3) is 0.929. The molecule has 0 aliphatic heterocycles. The molecule has 95 valence electrons. The molecule has 0 fully saturated rings. The van der Waals surface area contributed by atoms with Crippen molar-refractivity contribution in [2.45, 2.75) is 72.1 Å². The minimum atomic E-state index is 0.489. The number of carbonyl (C=O) groups excluding carboxylic acids is 1. The van der Waals surface area contributed by atoms with Crippen molar-refractivity contribution in [2.24, 2.45) is 5.41 Å². The number of unbranched alkanes of at least 4 members (excludes halogenated alkanes) is 6. The Morgan fingerprint density at radius 3 is 1.88 bits per heavy atom. The summed E-state index contributed by atoms with van der Waals surface area (Å²) in [4.78, 5) is 9.75. The van der Waals surface area contributed by atoms with Gasteiger partial charge in [0.1, 0.15) is 0 Å². The van der Waals surface area contributed by atoms with E-state index in [0.29, 0.717) is 12.0 Å². The van der Waals surface area contributed by atoms with Gasteiger partial charge in [-0.2, -0.15) is 0 Å². The van der Waals surface area contributed by atoms with Gasteiger partial charge in [0, 0.05) is 0 Å². The van der Waals surface area contributed by atoms with Crippen LogP contribution in [0.3, 0.4) is 0 Å². The van der Waals surface area contributed by atoms with Gasteiger partial charge in [-0.15, -0.1) is 0 Å². The molecule has 1 radical (unpaired) electrons. The van der Waals surface area contributed by atoms with Crippen LogP contribution in [0.1, 0.15) is 72.1 Å². The molecule has 0 N–H and O–H groups in total. The molecule has 0 aliphatic carbocycles. The van der Waals surface area contributed by atoms with Gasteiger partial charge < -0.3 is 4.74 Å². The van der Waals surface area contributed by atoms with E-state index in [1.165, 1.54) is 51.4 Å². The van der Waals surface area contributed by atoms with Crippen LogP contribution in [0.25, 0.3) is 0 Å². The smallest absolute Gasteiger partial charge is 0.417 e. The number of hydrogen-bond donors (Lipinski definition) is 0. The van der Waals surface area contributed by atoms with E-state index < -0.39 is 0 Å². The number of ether oxygens (including phenoxy) is 1. The van der Waals surface area contributed by atoms with Crippen molar-refractivity contribution in [3.05, 3.63) is 0 Å². The average Bonchev–Trinajstić information content (AvgIpc) is 2.19. The van der Waals surface area contributed by atoms with Gasteiger partial charge >= 0.3 is 6.47 Å². The Morgan fingerprint density at radius 1 is 0.875 bits per heavy atom. The first-order valence-corrected chi connectivity index (χ1v) is 6.55. The largest absolute Gasteiger partial charge is 0.457 e. The van der Waals surface area contributed by atoms with Gasteiger partial charge in [0.15, 0.2) is 0 Å². The van der Waals surface area contributed by atoms with Crippen molar-refractivity contribution >= 4 is 6.47 Å². The van der Waals surface area contributed by atoms with Gasteiger partial charge in [0.05, 0.1) is 6.61 Å². The maximum atomic E-state index is 9.75. The van der Waals surface area contributed by atoms with Crippen LogP contribution in [0.4, 0.5) is 0 Å². The van der Waals surface area contributed by atoms with Crippen LogP contribution < -0.4 is 0 Å². The van der Waals surface area contributed by atoms with E-state index >= 15 is 0 Å². The monoisotopic (exact) mass is 227 g/mol. The molecule has 16 heavy (non-hydrogen) atoms. The molecule has 0 saturated heterocycles. The molecule has 0 atom stereocenters. The molecule has 2 heteroatoms. The van der Waals surface area contributed by atoms with E-state index in [2.05, 4.69) is 25.5 Å². The van der Waals surface area contributed by atoms with E-state index in [9.17, 15) is 4.79 Å². The highest BCUT2D eigenvalue weighted by Crippen LogP contribution is 2.22. The minimum Gasteiger partial charge on any atom is -0.457 e. The second-order valence-electron chi connectivity index (χ2n) is 5.72. The van der Waals surface area contributed by atoms with Gasteiger partial charge in [-0.3, -0.25) is 0 Å². The summed E-state index contributed by atoms with van der Waals surface area (Å²) in [5.41, 5.74) is 0.489. The van der Waals surface area contributed by atoms with Gasteiger partial charge in [-0.25, -0.2) is 4.79 Å². The maximum absolute atomic E-state index is 9.75. The fourth-order valence-electron chi connectivity index (χ4n) is 1.76. The molecule has 0 aromatic heterocycles. The molecule has 0 unspecified atom stereocenters. The lowest BCUT2D eigenvalue weighted by atomic mass is 9.89. The highest BCUT2D eigenvalue weighted by Gasteiger charge is 2.08. The normalized spacial score (nSPS) is 11.4. The van der Waals surface area contributed by atoms with Crippen LogP contribution in [0.15, 0.2) is 0 Å². The summed E-state index contributed by atoms with van der Waals surface area (Å²) in [6, 6.07) is 0. The van der Waals surface area contributed by atoms with Crippen molar-refractivity contribution in [1.82, 2.24) is 0 Å². The topological polar surface area (TPSA) is 26.3 Å². The van der Waals surface area contributed by atoms with Crippen LogP contribution >= 0.6 is 0 Å². The second-order valence-corrected chi connectivity index (χ2v) is 5.72. The van der Waals surface area contributed by atoms with Crippen LogP contribution in [0.2, 0.25) is 0 Å². The Labute approximate surface area is 101 Å². The minimum absolute atomic E-state index is 0.489. The van der Waals surface area contributed by atoms with Crippen LogP contribution in [0, 0.1) is 5.41 Å². The zero-order valence-electron chi connectivity index (χ0n) is 11.2. The molecule has 0 aromatic rings. The Morgan fingerprint density at radius 2 is 1.38 bits per heavy atom. The van der Waals surface area contributed by atoms with Crippen molar-refractivity contribution in [2.75, 3.05) is 6.61 Å². The molecular formula is C14H27O2. The lowest BCUT2D eigenvalue weighted by Crippen LogP contribution is -2.03. The third-order valence-corrected chi connectivity index (χ3v) is 2.73. The summed E-state index contributed by atoms with van der Waals surface area (Å²) < 4.78 is 4.51. The lowest BCUT2D eigenvalue weighted by molar-refractivity contribution is 0.268. The number of hydrogen-bond acceptors (Lipinski definition) is 2. The molecule has 2 nitrogen and oxygen atoms in total. The molecule has 0 saturated carbocycles. The van der Waals surface area contributed by atoms with Crippen LogP contribution in [-0.4, -0.2) is 13.1 Å². The average molecular weight is 227 g/mol. The Kier molecular flexibility index (Phi) is 9.36. The molecule has 0 heterocycles. The van der Waals surface area contributed by atoms with E-state index in [1.807, 2.05) is 0 Å². The highest BCUT2D eigenvalue weighted by atomic mass is 16.5. The van der Waals surface area contributed by atoms with Crippen LogP contribution in [0.5, 0.6) is 0 Å². The van der Waals surface area contributed by atoms with Crippen LogP contribution in [-0.2, 0) is 9.53 Å². The van der Waals surface area contributed by atoms with E-state index in [4.69, 9.17) is 0 Å². The van der Waals surface area contributed by atoms with Crippen molar-refractivity contribution in [3.63, 3.8) is 0 Å². The summed E-state index contributed by atoms with van der Waals surface area (Å²) in [7, 11) is 0. The molecular weight excluding hydrogens is 200 g/mol. The zero-order chi connectivity index (χ0) is 12.3. The van der Waals surface area contributed by atoms with E-state index in [-0.39, 0.29) is 0 Å². The molecule has 0 amide bonds. The standard InChI is InChI=1S/C14H27O2/c1-14(2,3)11-9-7-5-4-6-8-10-12-16-13-15/h4-12H2,1-3H3. The third kappa shape index (κ3) is 13.5. The summed E-state index contributed by atoms with van der Waals surface area (Å²) >= 11 is 0. The van der Waals surface area contributed by atoms with Gasteiger partial charge in [-0.05, 0) is 18.3 Å². The third-order valence-electron chi connectivity index (χ3n) is 2.73. The summed E-state index contributed by atoms with van der Waals surface area (Å²) in [5, 5.41) is 0. The highest BCUT2D eigenvalue weighted by molar-refractivity contribution is 5.37. The molecule has 0 spiro atoms. The Balaban J connectivity index is 3.01. The first-order chi connectivity index (χ1) is 7.56. The Bertz CT molecular complexity index is 159. The SMILES string of the molecule is CC(C)(C)CCCCCCCCCO[C]=O. The predicted molar refractivity (Wildman–Crippen MR) is 68.0 cm³/mol. The molecule has 0 aromatic carbocycles. The zero-order valence-corrected chi connectivity index (χ0v) is 11.2. The maximum Gasteiger partial charge on any atom is 0.417 e. The summed E-state index contributed by atoms with van der Waals surface area (Å²) in [6.45, 7) is 8.89. The molecule has 0 rings (SSSR count). The van der Waals surface area contributed by atoms with E-state index in [1.54, 1.807) is 0 Å². The predicted octanol–water partition coefficient (Wildman–Crippen LogP) is 4.24. The van der Waals surface area contributed by atoms with Gasteiger partial charge in [0.25, 0.3) is 0 Å². The van der Waals surface area contributed by atoms with E-state index in [0.717, 1.165) is 6.42 Å². The second kappa shape index (κ2) is 9.68. The summed E-state index contributed by atoms with van der Waals surface area (Å²) in [5.74, 6) is 0. The summed E-state index contributed by atoms with van der Waals surface area (Å²) in [6.07, 6.45) is 10.1. The molecule has 0 bridgehead atoms. The fourth-order valence-corrected chi connectivity index (χ4v) is 1.76. The van der Waals surface area contributed by atoms with Gasteiger partial charge in [0.2, 0.25) is 0 Å². The van der Waals surface area contributed by atoms with Crippen molar-refractivity contribution in [3.8, 4) is 0 Å². The van der Waals surface area contributed by atoms with Crippen molar-refractivity contribution < 1.29 is 9.53 Å².